The summed E-state index contributed by atoms with van der Waals surface area (Å²) in [5.74, 6) is 0.831. The highest BCUT2D eigenvalue weighted by Gasteiger charge is 2.26. The van der Waals surface area contributed by atoms with Gasteiger partial charge in [-0.25, -0.2) is 4.79 Å². The molecule has 1 rings (SSSR count). The third-order valence-electron chi connectivity index (χ3n) is 3.17. The van der Waals surface area contributed by atoms with Crippen LogP contribution in [-0.4, -0.2) is 35.5 Å². The molecule has 0 aromatic carbocycles. The van der Waals surface area contributed by atoms with E-state index in [1.165, 1.54) is 0 Å². The Hall–Kier alpha value is -1.06. The van der Waals surface area contributed by atoms with Crippen LogP contribution in [0.2, 0.25) is 0 Å². The Morgan fingerprint density at radius 2 is 1.78 bits per heavy atom. The summed E-state index contributed by atoms with van der Waals surface area (Å²) in [5.41, 5.74) is -0.428. The molecule has 1 fully saturated rings. The number of carbonyl (C=O) groups excluding carboxylic acids is 2. The molecule has 18 heavy (non-hydrogen) atoms. The first-order valence-corrected chi connectivity index (χ1v) is 6.75. The van der Waals surface area contributed by atoms with Gasteiger partial charge in [0.25, 0.3) is 0 Å². The van der Waals surface area contributed by atoms with Gasteiger partial charge >= 0.3 is 6.09 Å². The Morgan fingerprint density at radius 1 is 1.22 bits per heavy atom. The van der Waals surface area contributed by atoms with Gasteiger partial charge in [0.15, 0.2) is 0 Å². The van der Waals surface area contributed by atoms with Gasteiger partial charge in [0.05, 0.1) is 0 Å². The molecule has 4 nitrogen and oxygen atoms in total. The van der Waals surface area contributed by atoms with E-state index < -0.39 is 5.60 Å². The van der Waals surface area contributed by atoms with Gasteiger partial charge in [-0.3, -0.25) is 0 Å². The molecule has 0 radical (unpaired) electrons. The van der Waals surface area contributed by atoms with Crippen LogP contribution in [-0.2, 0) is 9.53 Å². The van der Waals surface area contributed by atoms with Crippen molar-refractivity contribution in [2.75, 3.05) is 13.1 Å². The van der Waals surface area contributed by atoms with Crippen LogP contribution in [0, 0.1) is 5.92 Å². The number of ketones is 1. The maximum absolute atomic E-state index is 11.8. The summed E-state index contributed by atoms with van der Waals surface area (Å²) in [7, 11) is 0. The molecule has 1 aliphatic rings. The molecule has 0 spiro atoms. The first-order valence-electron chi connectivity index (χ1n) is 6.75. The van der Waals surface area contributed by atoms with Crippen LogP contribution in [0.3, 0.4) is 0 Å². The summed E-state index contributed by atoms with van der Waals surface area (Å²) in [5, 5.41) is 0. The predicted octanol–water partition coefficient (Wildman–Crippen LogP) is 3.00. The van der Waals surface area contributed by atoms with Crippen LogP contribution in [0.4, 0.5) is 4.79 Å². The number of Topliss-reactive ketones (excluding diaryl/α,β-unsaturated/α-hetero) is 1. The molecule has 1 amide bonds. The third kappa shape index (κ3) is 5.52. The number of likely N-dealkylation sites (tertiary alicyclic amines) is 1. The van der Waals surface area contributed by atoms with Crippen molar-refractivity contribution in [3.8, 4) is 0 Å². The van der Waals surface area contributed by atoms with Gasteiger partial charge in [0.1, 0.15) is 11.4 Å². The van der Waals surface area contributed by atoms with Crippen molar-refractivity contribution in [3.05, 3.63) is 0 Å². The minimum atomic E-state index is -0.428. The highest BCUT2D eigenvalue weighted by atomic mass is 16.6. The molecule has 0 aromatic heterocycles. The zero-order valence-corrected chi connectivity index (χ0v) is 12.0. The second-order valence-corrected chi connectivity index (χ2v) is 6.15. The second-order valence-electron chi connectivity index (χ2n) is 6.15. The topological polar surface area (TPSA) is 46.6 Å². The molecule has 0 aliphatic carbocycles. The van der Waals surface area contributed by atoms with Gasteiger partial charge in [0.2, 0.25) is 0 Å². The van der Waals surface area contributed by atoms with Gasteiger partial charge in [-0.1, -0.05) is 0 Å². The van der Waals surface area contributed by atoms with E-state index in [1.807, 2.05) is 20.8 Å². The Bertz CT molecular complexity index is 299. The van der Waals surface area contributed by atoms with E-state index in [0.29, 0.717) is 12.3 Å². The maximum atomic E-state index is 11.8. The lowest BCUT2D eigenvalue weighted by Gasteiger charge is -2.33. The quantitative estimate of drug-likeness (QED) is 0.778. The number of hydrogen-bond acceptors (Lipinski definition) is 3. The van der Waals surface area contributed by atoms with Crippen molar-refractivity contribution in [1.82, 2.24) is 4.90 Å². The van der Waals surface area contributed by atoms with Crippen LogP contribution in [0.5, 0.6) is 0 Å². The number of rotatable bonds is 3. The van der Waals surface area contributed by atoms with Crippen molar-refractivity contribution in [1.29, 1.82) is 0 Å². The minimum absolute atomic E-state index is 0.215. The molecule has 0 aromatic rings. The molecule has 0 unspecified atom stereocenters. The van der Waals surface area contributed by atoms with Crippen molar-refractivity contribution < 1.29 is 14.3 Å². The monoisotopic (exact) mass is 255 g/mol. The van der Waals surface area contributed by atoms with Crippen molar-refractivity contribution in [2.24, 2.45) is 5.92 Å². The number of carbonyl (C=O) groups is 2. The normalized spacial score (nSPS) is 17.7. The molecule has 0 bridgehead atoms. The number of hydrogen-bond donors (Lipinski definition) is 0. The smallest absolute Gasteiger partial charge is 0.410 e. The Balaban J connectivity index is 2.30. The van der Waals surface area contributed by atoms with Gasteiger partial charge in [-0.15, -0.1) is 0 Å². The fourth-order valence-corrected chi connectivity index (χ4v) is 2.14. The van der Waals surface area contributed by atoms with E-state index in [2.05, 4.69) is 0 Å². The van der Waals surface area contributed by atoms with Crippen LogP contribution >= 0.6 is 0 Å². The lowest BCUT2D eigenvalue weighted by atomic mass is 9.92. The van der Waals surface area contributed by atoms with Crippen molar-refractivity contribution in [3.63, 3.8) is 0 Å². The highest BCUT2D eigenvalue weighted by molar-refractivity contribution is 5.75. The van der Waals surface area contributed by atoms with Crippen LogP contribution in [0.1, 0.15) is 53.4 Å². The molecule has 104 valence electrons. The molecule has 0 atom stereocenters. The lowest BCUT2D eigenvalue weighted by Crippen LogP contribution is -2.41. The van der Waals surface area contributed by atoms with Crippen LogP contribution < -0.4 is 0 Å². The average Bonchev–Trinajstić information content (AvgIpc) is 2.24. The molecular weight excluding hydrogens is 230 g/mol. The van der Waals surface area contributed by atoms with Gasteiger partial charge in [-0.2, -0.15) is 0 Å². The maximum Gasteiger partial charge on any atom is 0.410 e. The zero-order chi connectivity index (χ0) is 13.8. The molecule has 1 heterocycles. The van der Waals surface area contributed by atoms with E-state index in [9.17, 15) is 9.59 Å². The third-order valence-corrected chi connectivity index (χ3v) is 3.17. The fourth-order valence-electron chi connectivity index (χ4n) is 2.14. The number of ether oxygens (including phenoxy) is 1. The average molecular weight is 255 g/mol. The summed E-state index contributed by atoms with van der Waals surface area (Å²) >= 11 is 0. The van der Waals surface area contributed by atoms with Gasteiger partial charge in [-0.05, 0) is 52.9 Å². The Labute approximate surface area is 110 Å². The SMILES string of the molecule is CC(=O)CCC1CCN(C(=O)OC(C)(C)C)CC1. The summed E-state index contributed by atoms with van der Waals surface area (Å²) in [6.45, 7) is 8.77. The summed E-state index contributed by atoms with van der Waals surface area (Å²) in [6.07, 6.45) is 3.36. The Morgan fingerprint density at radius 3 is 2.22 bits per heavy atom. The van der Waals surface area contributed by atoms with Crippen molar-refractivity contribution >= 4 is 11.9 Å². The Kier molecular flexibility index (Phi) is 5.17. The van der Waals surface area contributed by atoms with Gasteiger partial charge in [0, 0.05) is 19.5 Å². The van der Waals surface area contributed by atoms with E-state index >= 15 is 0 Å². The highest BCUT2D eigenvalue weighted by Crippen LogP contribution is 2.23. The molecule has 1 aliphatic heterocycles. The molecular formula is C14H25NO3. The number of nitrogens with zero attached hydrogens (tertiary/aromatic N) is 1. The van der Waals surface area contributed by atoms with E-state index in [0.717, 1.165) is 32.4 Å². The molecule has 1 saturated heterocycles. The van der Waals surface area contributed by atoms with Gasteiger partial charge < -0.3 is 14.4 Å². The molecule has 4 heteroatoms. The second kappa shape index (κ2) is 6.21. The first-order chi connectivity index (χ1) is 8.28. The predicted molar refractivity (Wildman–Crippen MR) is 70.4 cm³/mol. The zero-order valence-electron chi connectivity index (χ0n) is 12.0. The van der Waals surface area contributed by atoms with E-state index in [-0.39, 0.29) is 11.9 Å². The number of piperidine rings is 1. The summed E-state index contributed by atoms with van der Waals surface area (Å²) in [6, 6.07) is 0. The van der Waals surface area contributed by atoms with Crippen molar-refractivity contribution in [2.45, 2.75) is 59.0 Å². The molecule has 0 N–H and O–H groups in total. The standard InChI is InChI=1S/C14H25NO3/c1-11(16)5-6-12-7-9-15(10-8-12)13(17)18-14(2,3)4/h12H,5-10H2,1-4H3. The van der Waals surface area contributed by atoms with Crippen LogP contribution in [0.15, 0.2) is 0 Å². The minimum Gasteiger partial charge on any atom is -0.444 e. The summed E-state index contributed by atoms with van der Waals surface area (Å²) < 4.78 is 5.34. The summed E-state index contributed by atoms with van der Waals surface area (Å²) in [4.78, 5) is 24.5. The number of amides is 1. The lowest BCUT2D eigenvalue weighted by molar-refractivity contribution is -0.117. The largest absolute Gasteiger partial charge is 0.444 e. The van der Waals surface area contributed by atoms with Crippen LogP contribution in [0.25, 0.3) is 0 Å². The first kappa shape index (κ1) is 15.0. The fraction of sp³-hybridized carbons (Fsp3) is 0.857. The van der Waals surface area contributed by atoms with E-state index in [1.54, 1.807) is 11.8 Å². The molecule has 0 saturated carbocycles. The van der Waals surface area contributed by atoms with E-state index in [4.69, 9.17) is 4.74 Å².